The van der Waals surface area contributed by atoms with Crippen molar-refractivity contribution in [3.8, 4) is 0 Å². The van der Waals surface area contributed by atoms with Crippen molar-refractivity contribution in [3.05, 3.63) is 34.4 Å². The number of nitrogens with one attached hydrogen (secondary N) is 2. The molecule has 1 fully saturated rings. The lowest BCUT2D eigenvalue weighted by Crippen LogP contribution is -2.43. The average molecular weight is 269 g/mol. The molecule has 2 nitrogen and oxygen atoms in total. The lowest BCUT2D eigenvalue weighted by molar-refractivity contribution is 0.401. The van der Waals surface area contributed by atoms with E-state index in [-0.39, 0.29) is 29.0 Å². The molecule has 0 unspecified atom stereocenters. The summed E-state index contributed by atoms with van der Waals surface area (Å²) in [6.07, 6.45) is 0. The summed E-state index contributed by atoms with van der Waals surface area (Å²) in [5, 5.41) is 6.07. The Bertz CT molecular complexity index is 368. The van der Waals surface area contributed by atoms with E-state index in [9.17, 15) is 8.78 Å². The third-order valence-electron chi connectivity index (χ3n) is 2.47. The van der Waals surface area contributed by atoms with Gasteiger partial charge in [-0.2, -0.15) is 0 Å². The molecule has 0 radical (unpaired) electrons. The zero-order valence-electron chi connectivity index (χ0n) is 8.40. The van der Waals surface area contributed by atoms with E-state index in [1.54, 1.807) is 0 Å². The summed E-state index contributed by atoms with van der Waals surface area (Å²) in [5.41, 5.74) is 0.0229. The Kier molecular flexibility index (Phi) is 4.92. The summed E-state index contributed by atoms with van der Waals surface area (Å²) in [7, 11) is 0. The predicted octanol–water partition coefficient (Wildman–Crippen LogP) is 2.27. The quantitative estimate of drug-likeness (QED) is 0.764. The molecular weight excluding hydrogens is 257 g/mol. The number of halogens is 4. The van der Waals surface area contributed by atoms with Crippen LogP contribution in [0.1, 0.15) is 11.6 Å². The maximum atomic E-state index is 13.6. The molecule has 0 amide bonds. The van der Waals surface area contributed by atoms with E-state index in [2.05, 4.69) is 10.6 Å². The fraction of sp³-hybridized carbons (Fsp3) is 0.400. The topological polar surface area (TPSA) is 24.1 Å². The highest BCUT2D eigenvalue weighted by molar-refractivity contribution is 6.30. The second-order valence-electron chi connectivity index (χ2n) is 3.47. The molecule has 1 saturated heterocycles. The van der Waals surface area contributed by atoms with Crippen molar-refractivity contribution in [2.75, 3.05) is 19.6 Å². The molecule has 0 aliphatic carbocycles. The van der Waals surface area contributed by atoms with Crippen LogP contribution in [-0.2, 0) is 0 Å². The Hall–Kier alpha value is -0.420. The zero-order valence-corrected chi connectivity index (χ0v) is 9.97. The molecule has 1 atom stereocenters. The molecule has 1 aliphatic heterocycles. The van der Waals surface area contributed by atoms with Crippen LogP contribution in [0.4, 0.5) is 8.78 Å². The van der Waals surface area contributed by atoms with E-state index in [1.165, 1.54) is 12.1 Å². The van der Waals surface area contributed by atoms with Gasteiger partial charge in [0, 0.05) is 25.2 Å². The Labute approximate surface area is 104 Å². The number of piperazine rings is 1. The molecule has 1 aromatic rings. The first-order chi connectivity index (χ1) is 7.20. The largest absolute Gasteiger partial charge is 0.314 e. The van der Waals surface area contributed by atoms with Gasteiger partial charge in [-0.15, -0.1) is 12.4 Å². The van der Waals surface area contributed by atoms with Crippen molar-refractivity contribution in [1.29, 1.82) is 0 Å². The van der Waals surface area contributed by atoms with Gasteiger partial charge in [0.05, 0.1) is 11.1 Å². The number of rotatable bonds is 1. The van der Waals surface area contributed by atoms with Crippen molar-refractivity contribution >= 4 is 24.0 Å². The Morgan fingerprint density at radius 3 is 2.62 bits per heavy atom. The molecule has 0 bridgehead atoms. The fourth-order valence-corrected chi connectivity index (χ4v) is 1.88. The Balaban J connectivity index is 0.00000128. The van der Waals surface area contributed by atoms with Crippen molar-refractivity contribution in [2.45, 2.75) is 6.04 Å². The summed E-state index contributed by atoms with van der Waals surface area (Å²) in [5.74, 6) is -1.23. The maximum absolute atomic E-state index is 13.6. The standard InChI is InChI=1S/C10H11ClF2N2.ClH/c11-6-1-2-7(12)9(10(6)13)8-5-14-3-4-15-8;/h1-2,8,14-15H,3-5H2;1H/t8-;/m0./s1. The number of benzene rings is 1. The summed E-state index contributed by atoms with van der Waals surface area (Å²) in [6, 6.07) is 2.07. The molecule has 90 valence electrons. The van der Waals surface area contributed by atoms with Crippen molar-refractivity contribution in [2.24, 2.45) is 0 Å². The van der Waals surface area contributed by atoms with Crippen LogP contribution in [0.2, 0.25) is 5.02 Å². The van der Waals surface area contributed by atoms with Gasteiger partial charge in [0.2, 0.25) is 0 Å². The maximum Gasteiger partial charge on any atom is 0.149 e. The van der Waals surface area contributed by atoms with Crippen molar-refractivity contribution in [1.82, 2.24) is 10.6 Å². The summed E-state index contributed by atoms with van der Waals surface area (Å²) in [6.45, 7) is 2.00. The lowest BCUT2D eigenvalue weighted by Gasteiger charge is -2.25. The molecule has 0 saturated carbocycles. The minimum Gasteiger partial charge on any atom is -0.314 e. The van der Waals surface area contributed by atoms with Crippen molar-refractivity contribution < 1.29 is 8.78 Å². The van der Waals surface area contributed by atoms with Crippen LogP contribution in [0, 0.1) is 11.6 Å². The normalized spacial score (nSPS) is 20.3. The van der Waals surface area contributed by atoms with Gasteiger partial charge in [0.25, 0.3) is 0 Å². The number of hydrogen-bond donors (Lipinski definition) is 2. The summed E-state index contributed by atoms with van der Waals surface area (Å²) >= 11 is 5.62. The molecule has 2 rings (SSSR count). The van der Waals surface area contributed by atoms with Gasteiger partial charge < -0.3 is 10.6 Å². The molecular formula is C10H12Cl2F2N2. The van der Waals surface area contributed by atoms with E-state index >= 15 is 0 Å². The molecule has 1 heterocycles. The number of hydrogen-bond acceptors (Lipinski definition) is 2. The van der Waals surface area contributed by atoms with Gasteiger partial charge in [0.1, 0.15) is 11.6 Å². The van der Waals surface area contributed by atoms with Crippen LogP contribution in [0.25, 0.3) is 0 Å². The highest BCUT2D eigenvalue weighted by Gasteiger charge is 2.23. The molecule has 0 aromatic heterocycles. The van der Waals surface area contributed by atoms with E-state index in [0.29, 0.717) is 13.1 Å². The van der Waals surface area contributed by atoms with Crippen molar-refractivity contribution in [3.63, 3.8) is 0 Å². The van der Waals surface area contributed by atoms with Gasteiger partial charge in [-0.3, -0.25) is 0 Å². The Morgan fingerprint density at radius 2 is 2.00 bits per heavy atom. The molecule has 2 N–H and O–H groups in total. The van der Waals surface area contributed by atoms with Crippen LogP contribution in [0.15, 0.2) is 12.1 Å². The van der Waals surface area contributed by atoms with Crippen LogP contribution >= 0.6 is 24.0 Å². The molecule has 1 aliphatic rings. The van der Waals surface area contributed by atoms with Gasteiger partial charge in [-0.05, 0) is 12.1 Å². The first-order valence-electron chi connectivity index (χ1n) is 4.77. The molecule has 1 aromatic carbocycles. The predicted molar refractivity (Wildman–Crippen MR) is 62.2 cm³/mol. The monoisotopic (exact) mass is 268 g/mol. The Morgan fingerprint density at radius 1 is 1.25 bits per heavy atom. The van der Waals surface area contributed by atoms with E-state index in [0.717, 1.165) is 6.54 Å². The first kappa shape index (κ1) is 13.6. The lowest BCUT2D eigenvalue weighted by atomic mass is 10.0. The van der Waals surface area contributed by atoms with E-state index in [1.807, 2.05) is 0 Å². The molecule has 0 spiro atoms. The summed E-state index contributed by atoms with van der Waals surface area (Å²) in [4.78, 5) is 0. The van der Waals surface area contributed by atoms with E-state index < -0.39 is 11.6 Å². The van der Waals surface area contributed by atoms with Gasteiger partial charge in [-0.25, -0.2) is 8.78 Å². The second-order valence-corrected chi connectivity index (χ2v) is 3.87. The van der Waals surface area contributed by atoms with Crippen LogP contribution < -0.4 is 10.6 Å². The third kappa shape index (κ3) is 2.63. The van der Waals surface area contributed by atoms with Gasteiger partial charge in [-0.1, -0.05) is 11.6 Å². The smallest absolute Gasteiger partial charge is 0.149 e. The van der Waals surface area contributed by atoms with Crippen LogP contribution in [0.3, 0.4) is 0 Å². The van der Waals surface area contributed by atoms with Gasteiger partial charge >= 0.3 is 0 Å². The SMILES string of the molecule is Cl.Fc1ccc(Cl)c(F)c1[C@@H]1CNCCN1. The minimum atomic E-state index is -0.669. The molecule has 6 heteroatoms. The highest BCUT2D eigenvalue weighted by Crippen LogP contribution is 2.26. The van der Waals surface area contributed by atoms with Crippen LogP contribution in [0.5, 0.6) is 0 Å². The zero-order chi connectivity index (χ0) is 10.8. The third-order valence-corrected chi connectivity index (χ3v) is 2.76. The van der Waals surface area contributed by atoms with E-state index in [4.69, 9.17) is 11.6 Å². The average Bonchev–Trinajstić information content (AvgIpc) is 2.26. The second kappa shape index (κ2) is 5.77. The van der Waals surface area contributed by atoms with Gasteiger partial charge in [0.15, 0.2) is 0 Å². The van der Waals surface area contributed by atoms with Crippen LogP contribution in [-0.4, -0.2) is 19.6 Å². The highest BCUT2D eigenvalue weighted by atomic mass is 35.5. The minimum absolute atomic E-state index is 0. The summed E-state index contributed by atoms with van der Waals surface area (Å²) < 4.78 is 27.1. The first-order valence-corrected chi connectivity index (χ1v) is 5.15. The fourth-order valence-electron chi connectivity index (χ4n) is 1.72. The molecule has 16 heavy (non-hydrogen) atoms.